The summed E-state index contributed by atoms with van der Waals surface area (Å²) in [7, 11) is 0. The number of aryl methyl sites for hydroxylation is 6. The smallest absolute Gasteiger partial charge is 0.411 e. The fourth-order valence-corrected chi connectivity index (χ4v) is 12.3. The fourth-order valence-electron chi connectivity index (χ4n) is 11.8. The quantitative estimate of drug-likeness (QED) is 0.0703. The minimum atomic E-state index is -1.69. The van der Waals surface area contributed by atoms with Gasteiger partial charge in [-0.2, -0.15) is 0 Å². The Morgan fingerprint density at radius 2 is 0.942 bits per heavy atom. The fraction of sp³-hybridized carbons (Fsp3) is 0.212. The third-order valence-electron chi connectivity index (χ3n) is 17.3. The lowest BCUT2D eigenvalue weighted by atomic mass is 9.72. The highest BCUT2D eigenvalue weighted by Gasteiger charge is 2.31. The molecule has 0 radical (unpaired) electrons. The van der Waals surface area contributed by atoms with Crippen molar-refractivity contribution in [3.63, 3.8) is 0 Å². The molecule has 15 nitrogen and oxygen atoms in total. The van der Waals surface area contributed by atoms with Crippen LogP contribution in [-0.2, 0) is 15.6 Å². The van der Waals surface area contributed by atoms with E-state index in [1.807, 2.05) is 199 Å². The number of fused-ring (bicyclic) bond motifs is 2. The van der Waals surface area contributed by atoms with Crippen LogP contribution in [0.3, 0.4) is 0 Å². The van der Waals surface area contributed by atoms with Gasteiger partial charge in [0.2, 0.25) is 3.79 Å². The zero-order valence-electron chi connectivity index (χ0n) is 60.0. The molecule has 14 rings (SSSR count). The summed E-state index contributed by atoms with van der Waals surface area (Å²) in [5.41, 5.74) is 40.6. The first-order valence-electron chi connectivity index (χ1n) is 33.9. The largest absolute Gasteiger partial charge is 0.445 e. The maximum absolute atomic E-state index is 12.2. The number of alkyl halides is 3. The first-order chi connectivity index (χ1) is 49.6. The molecule has 0 fully saturated rings. The van der Waals surface area contributed by atoms with E-state index in [1.54, 1.807) is 30.9 Å². The molecule has 0 saturated heterocycles. The number of aliphatic hydroxyl groups excluding tert-OH is 1. The van der Waals surface area contributed by atoms with Crippen LogP contribution < -0.4 is 22.5 Å². The number of carbonyl (C=O) groups excluding carboxylic acids is 1. The summed E-state index contributed by atoms with van der Waals surface area (Å²) in [6.45, 7) is 20.2. The summed E-state index contributed by atoms with van der Waals surface area (Å²) in [5.74, 6) is 1.42. The second kappa shape index (κ2) is 35.8. The van der Waals surface area contributed by atoms with Gasteiger partial charge in [0, 0.05) is 64.4 Å². The number of aliphatic hydroxyl groups is 1. The van der Waals surface area contributed by atoms with E-state index >= 15 is 0 Å². The number of rotatable bonds is 8. The number of benzene rings is 6. The van der Waals surface area contributed by atoms with Crippen molar-refractivity contribution in [3.05, 3.63) is 292 Å². The number of ether oxygens (including phenoxy) is 1. The lowest BCUT2D eigenvalue weighted by Gasteiger charge is -2.34. The molecule has 0 bridgehead atoms. The number of hydrogen-bond acceptors (Lipinski definition) is 14. The SMILES string of the molecule is CC1(C)CC=Cc2ccccc21.CC1(C)CCC(O)c2ccccc21.Cc1cc(N)c(-c2ccccc2)nc1Br.Cc1cnc(-c2ccccc2)c(N)c1.Cc1ncc(-c2nc(-c3ccccc3)c(N)cc2C)cn1.Cc1ncc(-c2nc(-c3ccccc3)c(NC(=O)OCC(Cl)(Cl)Cl)cc2C)cn1. The summed E-state index contributed by atoms with van der Waals surface area (Å²) in [5, 5.41) is 12.5. The summed E-state index contributed by atoms with van der Waals surface area (Å²) in [4.78, 5) is 47.4. The number of nitrogens with zero attached hydrogens (tertiary/aromatic N) is 8. The van der Waals surface area contributed by atoms with Gasteiger partial charge in [-0.3, -0.25) is 10.3 Å². The van der Waals surface area contributed by atoms with Crippen molar-refractivity contribution in [1.82, 2.24) is 39.9 Å². The number of anilines is 4. The Labute approximate surface area is 633 Å². The van der Waals surface area contributed by atoms with Crippen molar-refractivity contribution in [2.45, 2.75) is 109 Å². The molecule has 12 aromatic rings. The maximum Gasteiger partial charge on any atom is 0.411 e. The number of nitrogens with two attached hydrogens (primary N) is 3. The number of amides is 1. The third kappa shape index (κ3) is 21.5. The molecular formula is C85H86BrCl3N12O3. The first kappa shape index (κ1) is 77.9. The van der Waals surface area contributed by atoms with Crippen molar-refractivity contribution in [2.24, 2.45) is 0 Å². The van der Waals surface area contributed by atoms with Gasteiger partial charge >= 0.3 is 6.09 Å². The van der Waals surface area contributed by atoms with Crippen LogP contribution in [0.2, 0.25) is 0 Å². The van der Waals surface area contributed by atoms with E-state index in [4.69, 9.17) is 66.7 Å². The van der Waals surface area contributed by atoms with Gasteiger partial charge < -0.3 is 27.0 Å². The van der Waals surface area contributed by atoms with Crippen LogP contribution in [0, 0.1) is 41.5 Å². The maximum atomic E-state index is 12.2. The van der Waals surface area contributed by atoms with Crippen LogP contribution in [-0.4, -0.2) is 61.5 Å². The topological polar surface area (TPSA) is 240 Å². The van der Waals surface area contributed by atoms with E-state index in [9.17, 15) is 9.90 Å². The lowest BCUT2D eigenvalue weighted by Crippen LogP contribution is -2.25. The number of allylic oxidation sites excluding steroid dienone is 1. The molecule has 2 aliphatic rings. The van der Waals surface area contributed by atoms with Gasteiger partial charge in [0.05, 0.1) is 63.0 Å². The Morgan fingerprint density at radius 1 is 0.510 bits per heavy atom. The van der Waals surface area contributed by atoms with Crippen molar-refractivity contribution < 1.29 is 14.6 Å². The molecule has 0 saturated carbocycles. The Balaban J connectivity index is 0.000000149. The molecular weight excluding hydrogens is 1420 g/mol. The van der Waals surface area contributed by atoms with Crippen molar-refractivity contribution in [2.75, 3.05) is 29.1 Å². The Bertz CT molecular complexity index is 4880. The van der Waals surface area contributed by atoms with E-state index < -0.39 is 9.89 Å². The molecule has 6 heterocycles. The Kier molecular flexibility index (Phi) is 26.8. The van der Waals surface area contributed by atoms with Crippen molar-refractivity contribution in [3.8, 4) is 67.5 Å². The summed E-state index contributed by atoms with van der Waals surface area (Å²) in [6, 6.07) is 63.8. The predicted molar refractivity (Wildman–Crippen MR) is 432 cm³/mol. The third-order valence-corrected chi connectivity index (χ3v) is 18.4. The molecule has 2 aliphatic carbocycles. The average Bonchev–Trinajstić information content (AvgIpc) is 0.732. The molecule has 6 aromatic heterocycles. The van der Waals surface area contributed by atoms with E-state index in [0.29, 0.717) is 39.7 Å². The summed E-state index contributed by atoms with van der Waals surface area (Å²) >= 11 is 20.3. The number of carbonyl (C=O) groups is 1. The van der Waals surface area contributed by atoms with Gasteiger partial charge in [0.25, 0.3) is 0 Å². The molecule has 1 atom stereocenters. The number of aromatic nitrogens is 8. The number of hydrogen-bond donors (Lipinski definition) is 5. The molecule has 0 spiro atoms. The summed E-state index contributed by atoms with van der Waals surface area (Å²) in [6.07, 6.45) is 15.5. The number of halogens is 4. The van der Waals surface area contributed by atoms with Crippen LogP contribution in [0.4, 0.5) is 27.5 Å². The Hall–Kier alpha value is -10.2. The Morgan fingerprint density at radius 3 is 1.44 bits per heavy atom. The molecule has 1 amide bonds. The van der Waals surface area contributed by atoms with E-state index in [-0.39, 0.29) is 18.1 Å². The minimum Gasteiger partial charge on any atom is -0.445 e. The van der Waals surface area contributed by atoms with Gasteiger partial charge in [-0.15, -0.1) is 0 Å². The van der Waals surface area contributed by atoms with E-state index in [2.05, 4.69) is 127 Å². The highest BCUT2D eigenvalue weighted by Crippen LogP contribution is 2.42. The normalized spacial score (nSPS) is 13.4. The van der Waals surface area contributed by atoms with Crippen LogP contribution >= 0.6 is 50.7 Å². The molecule has 6 aromatic carbocycles. The lowest BCUT2D eigenvalue weighted by molar-refractivity contribution is 0.139. The van der Waals surface area contributed by atoms with Gasteiger partial charge in [0.1, 0.15) is 22.9 Å². The number of pyridine rings is 4. The zero-order valence-corrected chi connectivity index (χ0v) is 63.9. The first-order valence-corrected chi connectivity index (χ1v) is 35.8. The van der Waals surface area contributed by atoms with Crippen molar-refractivity contribution >= 4 is 85.7 Å². The molecule has 0 aliphatic heterocycles. The molecule has 532 valence electrons. The van der Waals surface area contributed by atoms with E-state index in [0.717, 1.165) is 119 Å². The minimum absolute atomic E-state index is 0.232. The van der Waals surface area contributed by atoms with Crippen LogP contribution in [0.25, 0.3) is 73.6 Å². The van der Waals surface area contributed by atoms with Gasteiger partial charge in [-0.1, -0.05) is 245 Å². The number of nitrogen functional groups attached to an aromatic ring is 3. The molecule has 19 heteroatoms. The van der Waals surface area contributed by atoms with E-state index in [1.165, 1.54) is 16.7 Å². The van der Waals surface area contributed by atoms with Gasteiger partial charge in [0.15, 0.2) is 0 Å². The van der Waals surface area contributed by atoms with Gasteiger partial charge in [-0.05, 0) is 156 Å². The molecule has 104 heavy (non-hydrogen) atoms. The van der Waals surface area contributed by atoms with Crippen molar-refractivity contribution in [1.29, 1.82) is 0 Å². The second-order valence-electron chi connectivity index (χ2n) is 26.5. The van der Waals surface area contributed by atoms with Gasteiger partial charge in [-0.25, -0.2) is 39.7 Å². The summed E-state index contributed by atoms with van der Waals surface area (Å²) < 4.78 is 4.13. The van der Waals surface area contributed by atoms with Crippen LogP contribution in [0.5, 0.6) is 0 Å². The van der Waals surface area contributed by atoms with Crippen LogP contribution in [0.15, 0.2) is 236 Å². The standard InChI is InChI=1S/C20H17Cl3N4O2.C17H16N4.C12H11BrN2.C12H12N2.C12H16O.C12H14/c1-12-8-16(26-19(28)29-11-20(21,22)23)18(14-6-4-3-5-7-14)27-17(12)15-9-24-13(2)25-10-15;1-11-8-15(18)17(13-6-4-3-5-7-13)21-16(11)14-9-19-12(2)20-10-14;1-8-7-10(14)11(15-12(8)13)9-5-3-2-4-6-9;1-9-7-11(13)12(14-8-9)10-5-3-2-4-6-10;1-12(2)8-7-11(13)9-5-3-4-6-10(9)12;1-12(2)9-5-7-10-6-3-4-8-11(10)12/h3-10H,11H2,1-2H3,(H,26,28);3-10H,18H2,1-2H3;2-7H,14H2,1H3;2-8H,13H2,1H3;3-6,11,13H,7-8H2,1-2H3;3-8H,9H2,1-2H3. The highest BCUT2D eigenvalue weighted by molar-refractivity contribution is 9.10. The highest BCUT2D eigenvalue weighted by atomic mass is 79.9. The van der Waals surface area contributed by atoms with Crippen LogP contribution in [0.1, 0.15) is 109 Å². The number of nitrogens with one attached hydrogen (secondary N) is 1. The zero-order chi connectivity index (χ0) is 74.7. The molecule has 8 N–H and O–H groups in total. The second-order valence-corrected chi connectivity index (χ2v) is 29.8. The monoisotopic (exact) mass is 1510 g/mol. The molecule has 1 unspecified atom stereocenters. The average molecular weight is 1510 g/mol. The predicted octanol–water partition coefficient (Wildman–Crippen LogP) is 21.4.